The molecule has 1 saturated heterocycles. The Bertz CT molecular complexity index is 408. The largest absolute Gasteiger partial charge is 0.375 e. The lowest BCUT2D eigenvalue weighted by molar-refractivity contribution is -0.145. The number of hydrogen-bond acceptors (Lipinski definition) is 3. The van der Waals surface area contributed by atoms with Gasteiger partial charge in [0.25, 0.3) is 0 Å². The highest BCUT2D eigenvalue weighted by Crippen LogP contribution is 2.19. The second-order valence-electron chi connectivity index (χ2n) is 4.74. The summed E-state index contributed by atoms with van der Waals surface area (Å²) in [5.41, 5.74) is 6.90. The molecule has 0 bridgehead atoms. The van der Waals surface area contributed by atoms with Gasteiger partial charge in [0.1, 0.15) is 6.04 Å². The first-order valence-electron chi connectivity index (χ1n) is 6.34. The van der Waals surface area contributed by atoms with Crippen molar-refractivity contribution in [3.63, 3.8) is 0 Å². The zero-order valence-electron chi connectivity index (χ0n) is 10.9. The highest BCUT2D eigenvalue weighted by molar-refractivity contribution is 5.83. The lowest BCUT2D eigenvalue weighted by Gasteiger charge is -2.39. The molecule has 0 saturated carbocycles. The van der Waals surface area contributed by atoms with E-state index in [0.717, 1.165) is 5.56 Å². The molecule has 0 aromatic heterocycles. The highest BCUT2D eigenvalue weighted by Gasteiger charge is 2.32. The van der Waals surface area contributed by atoms with Crippen LogP contribution >= 0.6 is 0 Å². The van der Waals surface area contributed by atoms with Crippen molar-refractivity contribution >= 4 is 5.91 Å². The van der Waals surface area contributed by atoms with Gasteiger partial charge in [-0.05, 0) is 19.4 Å². The SMILES string of the molecule is C[C@@H]1OCCN(C(=O)[C@H](N)c2ccccc2)[C@@H]1C. The van der Waals surface area contributed by atoms with Crippen LogP contribution in [0.1, 0.15) is 25.5 Å². The Balaban J connectivity index is 2.11. The van der Waals surface area contributed by atoms with Gasteiger partial charge in [0, 0.05) is 6.54 Å². The van der Waals surface area contributed by atoms with Crippen LogP contribution < -0.4 is 5.73 Å². The number of benzene rings is 1. The van der Waals surface area contributed by atoms with Crippen molar-refractivity contribution in [2.75, 3.05) is 13.2 Å². The number of nitrogens with zero attached hydrogens (tertiary/aromatic N) is 1. The number of morpholine rings is 1. The molecule has 18 heavy (non-hydrogen) atoms. The van der Waals surface area contributed by atoms with E-state index >= 15 is 0 Å². The smallest absolute Gasteiger partial charge is 0.244 e. The predicted molar refractivity (Wildman–Crippen MR) is 70.0 cm³/mol. The Hall–Kier alpha value is -1.39. The van der Waals surface area contributed by atoms with E-state index in [2.05, 4.69) is 0 Å². The molecule has 2 N–H and O–H groups in total. The topological polar surface area (TPSA) is 55.6 Å². The summed E-state index contributed by atoms with van der Waals surface area (Å²) in [4.78, 5) is 14.2. The third-order valence-corrected chi connectivity index (χ3v) is 3.59. The van der Waals surface area contributed by atoms with E-state index in [1.807, 2.05) is 49.1 Å². The van der Waals surface area contributed by atoms with Gasteiger partial charge in [-0.1, -0.05) is 30.3 Å². The first-order valence-corrected chi connectivity index (χ1v) is 6.34. The maximum Gasteiger partial charge on any atom is 0.244 e. The van der Waals surface area contributed by atoms with Crippen molar-refractivity contribution in [3.05, 3.63) is 35.9 Å². The zero-order chi connectivity index (χ0) is 13.1. The van der Waals surface area contributed by atoms with E-state index in [9.17, 15) is 4.79 Å². The van der Waals surface area contributed by atoms with Crippen LogP contribution in [-0.4, -0.2) is 36.1 Å². The molecule has 2 rings (SSSR count). The fourth-order valence-corrected chi connectivity index (χ4v) is 2.23. The summed E-state index contributed by atoms with van der Waals surface area (Å²) < 4.78 is 5.52. The van der Waals surface area contributed by atoms with Crippen molar-refractivity contribution in [2.45, 2.75) is 32.0 Å². The van der Waals surface area contributed by atoms with Crippen LogP contribution in [0.15, 0.2) is 30.3 Å². The Morgan fingerprint density at radius 3 is 2.72 bits per heavy atom. The molecule has 1 amide bonds. The van der Waals surface area contributed by atoms with Gasteiger partial charge in [-0.25, -0.2) is 0 Å². The van der Waals surface area contributed by atoms with Crippen LogP contribution in [0.5, 0.6) is 0 Å². The van der Waals surface area contributed by atoms with Gasteiger partial charge in [-0.15, -0.1) is 0 Å². The third kappa shape index (κ3) is 2.54. The minimum Gasteiger partial charge on any atom is -0.375 e. The van der Waals surface area contributed by atoms with Crippen LogP contribution in [0.4, 0.5) is 0 Å². The molecule has 1 heterocycles. The second kappa shape index (κ2) is 5.50. The number of carbonyl (C=O) groups excluding carboxylic acids is 1. The highest BCUT2D eigenvalue weighted by atomic mass is 16.5. The lowest BCUT2D eigenvalue weighted by Crippen LogP contribution is -2.53. The molecule has 4 heteroatoms. The molecule has 1 fully saturated rings. The third-order valence-electron chi connectivity index (χ3n) is 3.59. The fourth-order valence-electron chi connectivity index (χ4n) is 2.23. The predicted octanol–water partition coefficient (Wildman–Crippen LogP) is 1.32. The molecule has 1 aliphatic heterocycles. The summed E-state index contributed by atoms with van der Waals surface area (Å²) in [5, 5.41) is 0. The number of rotatable bonds is 2. The normalized spacial score (nSPS) is 25.8. The standard InChI is InChI=1S/C14H20N2O2/c1-10-11(2)18-9-8-16(10)14(17)13(15)12-6-4-3-5-7-12/h3-7,10-11,13H,8-9,15H2,1-2H3/t10-,11+,13-/m1/s1. The van der Waals surface area contributed by atoms with Gasteiger partial charge in [-0.2, -0.15) is 0 Å². The second-order valence-corrected chi connectivity index (χ2v) is 4.74. The molecule has 0 aliphatic carbocycles. The van der Waals surface area contributed by atoms with Crippen molar-refractivity contribution in [1.29, 1.82) is 0 Å². The van der Waals surface area contributed by atoms with E-state index in [0.29, 0.717) is 13.2 Å². The first-order chi connectivity index (χ1) is 8.61. The van der Waals surface area contributed by atoms with E-state index in [1.54, 1.807) is 0 Å². The number of nitrogens with two attached hydrogens (primary N) is 1. The molecule has 98 valence electrons. The number of ether oxygens (including phenoxy) is 1. The van der Waals surface area contributed by atoms with Crippen LogP contribution in [-0.2, 0) is 9.53 Å². The lowest BCUT2D eigenvalue weighted by atomic mass is 10.0. The van der Waals surface area contributed by atoms with E-state index in [4.69, 9.17) is 10.5 Å². The van der Waals surface area contributed by atoms with Crippen LogP contribution in [0, 0.1) is 0 Å². The van der Waals surface area contributed by atoms with E-state index in [-0.39, 0.29) is 18.1 Å². The number of carbonyl (C=O) groups is 1. The van der Waals surface area contributed by atoms with Gasteiger partial charge in [0.15, 0.2) is 0 Å². The molecule has 0 radical (unpaired) electrons. The van der Waals surface area contributed by atoms with Crippen molar-refractivity contribution in [3.8, 4) is 0 Å². The molecule has 3 atom stereocenters. The molecule has 1 aromatic rings. The minimum absolute atomic E-state index is 0.0242. The van der Waals surface area contributed by atoms with E-state index < -0.39 is 6.04 Å². The molecular weight excluding hydrogens is 228 g/mol. The molecule has 1 aromatic carbocycles. The molecule has 0 spiro atoms. The van der Waals surface area contributed by atoms with Crippen LogP contribution in [0.2, 0.25) is 0 Å². The number of amides is 1. The minimum atomic E-state index is -0.584. The average Bonchev–Trinajstić information content (AvgIpc) is 2.41. The summed E-state index contributed by atoms with van der Waals surface area (Å²) in [5.74, 6) is -0.0242. The summed E-state index contributed by atoms with van der Waals surface area (Å²) in [6.07, 6.45) is 0.0608. The summed E-state index contributed by atoms with van der Waals surface area (Å²) >= 11 is 0. The Kier molecular flexibility index (Phi) is 3.99. The van der Waals surface area contributed by atoms with Crippen LogP contribution in [0.25, 0.3) is 0 Å². The summed E-state index contributed by atoms with van der Waals surface area (Å²) in [6.45, 7) is 5.18. The average molecular weight is 248 g/mol. The fraction of sp³-hybridized carbons (Fsp3) is 0.500. The van der Waals surface area contributed by atoms with Crippen LogP contribution in [0.3, 0.4) is 0 Å². The van der Waals surface area contributed by atoms with E-state index in [1.165, 1.54) is 0 Å². The Morgan fingerprint density at radius 1 is 1.39 bits per heavy atom. The molecule has 0 unspecified atom stereocenters. The summed E-state index contributed by atoms with van der Waals surface area (Å²) in [6, 6.07) is 8.97. The first kappa shape index (κ1) is 13.1. The van der Waals surface area contributed by atoms with Gasteiger partial charge < -0.3 is 15.4 Å². The number of hydrogen-bond donors (Lipinski definition) is 1. The van der Waals surface area contributed by atoms with Crippen molar-refractivity contribution in [2.24, 2.45) is 5.73 Å². The van der Waals surface area contributed by atoms with Crippen molar-refractivity contribution < 1.29 is 9.53 Å². The monoisotopic (exact) mass is 248 g/mol. The Morgan fingerprint density at radius 2 is 2.06 bits per heavy atom. The van der Waals surface area contributed by atoms with Gasteiger partial charge in [0.05, 0.1) is 18.8 Å². The molecule has 4 nitrogen and oxygen atoms in total. The quantitative estimate of drug-likeness (QED) is 0.859. The van der Waals surface area contributed by atoms with Gasteiger partial charge in [-0.3, -0.25) is 4.79 Å². The van der Waals surface area contributed by atoms with Gasteiger partial charge in [0.2, 0.25) is 5.91 Å². The van der Waals surface area contributed by atoms with Gasteiger partial charge >= 0.3 is 0 Å². The molecular formula is C14H20N2O2. The van der Waals surface area contributed by atoms with Crippen molar-refractivity contribution in [1.82, 2.24) is 4.90 Å². The maximum absolute atomic E-state index is 12.4. The molecule has 1 aliphatic rings. The Labute approximate surface area is 108 Å². The summed E-state index contributed by atoms with van der Waals surface area (Å²) in [7, 11) is 0. The zero-order valence-corrected chi connectivity index (χ0v) is 10.9. The maximum atomic E-state index is 12.4.